The van der Waals surface area contributed by atoms with Crippen molar-refractivity contribution in [3.8, 4) is 0 Å². The molecule has 0 aliphatic heterocycles. The first kappa shape index (κ1) is 16.2. The van der Waals surface area contributed by atoms with Crippen LogP contribution < -0.4 is 0 Å². The average Bonchev–Trinajstić information content (AvgIpc) is 2.95. The molecule has 0 saturated carbocycles. The summed E-state index contributed by atoms with van der Waals surface area (Å²) in [4.78, 5) is 15.8. The Labute approximate surface area is 140 Å². The molecule has 1 heterocycles. The third kappa shape index (κ3) is 3.46. The van der Waals surface area contributed by atoms with Crippen molar-refractivity contribution in [2.75, 3.05) is 6.61 Å². The summed E-state index contributed by atoms with van der Waals surface area (Å²) in [6, 6.07) is 15.2. The zero-order valence-corrected chi connectivity index (χ0v) is 13.4. The lowest BCUT2D eigenvalue weighted by Crippen LogP contribution is -2.07. The molecule has 0 aliphatic carbocycles. The van der Waals surface area contributed by atoms with Crippen molar-refractivity contribution in [2.24, 2.45) is 0 Å². The lowest BCUT2D eigenvalue weighted by Gasteiger charge is -2.08. The summed E-state index contributed by atoms with van der Waals surface area (Å²) >= 11 is 0. The number of benzene rings is 2. The van der Waals surface area contributed by atoms with E-state index in [9.17, 15) is 4.79 Å². The molecule has 24 heavy (non-hydrogen) atoms. The Morgan fingerprint density at radius 2 is 1.88 bits per heavy atom. The molecule has 0 fully saturated rings. The predicted molar refractivity (Wildman–Crippen MR) is 92.2 cm³/mol. The van der Waals surface area contributed by atoms with Gasteiger partial charge in [-0.3, -0.25) is 0 Å². The van der Waals surface area contributed by atoms with Crippen molar-refractivity contribution >= 4 is 17.0 Å². The molecule has 124 valence electrons. The molecule has 5 heteroatoms. The smallest absolute Gasteiger partial charge is 0.335 e. The third-order valence-corrected chi connectivity index (χ3v) is 4.09. The van der Waals surface area contributed by atoms with Crippen LogP contribution in [-0.2, 0) is 19.4 Å². The molecule has 2 aromatic carbocycles. The van der Waals surface area contributed by atoms with Crippen molar-refractivity contribution in [1.29, 1.82) is 0 Å². The maximum atomic E-state index is 11.2. The Hall–Kier alpha value is -2.66. The first-order valence-corrected chi connectivity index (χ1v) is 8.06. The summed E-state index contributed by atoms with van der Waals surface area (Å²) in [5.41, 5.74) is 3.08. The fraction of sp³-hybridized carbons (Fsp3) is 0.263. The zero-order chi connectivity index (χ0) is 16.9. The molecular formula is C19H20N2O3. The van der Waals surface area contributed by atoms with Crippen molar-refractivity contribution in [3.63, 3.8) is 0 Å². The SMILES string of the molecule is O=C(O)c1ccc2c(c1)nc(CCc1ccccc1)n2CCCO. The van der Waals surface area contributed by atoms with E-state index in [0.717, 1.165) is 24.2 Å². The Kier molecular flexibility index (Phi) is 4.91. The van der Waals surface area contributed by atoms with Gasteiger partial charge in [0.05, 0.1) is 16.6 Å². The van der Waals surface area contributed by atoms with Gasteiger partial charge in [0.15, 0.2) is 0 Å². The molecule has 0 atom stereocenters. The Morgan fingerprint density at radius 3 is 2.58 bits per heavy atom. The minimum absolute atomic E-state index is 0.116. The molecule has 0 radical (unpaired) electrons. The van der Waals surface area contributed by atoms with Crippen molar-refractivity contribution in [1.82, 2.24) is 9.55 Å². The molecule has 5 nitrogen and oxygen atoms in total. The summed E-state index contributed by atoms with van der Waals surface area (Å²) in [6.07, 6.45) is 2.28. The van der Waals surface area contributed by atoms with Crippen LogP contribution in [0, 0.1) is 0 Å². The second kappa shape index (κ2) is 7.27. The van der Waals surface area contributed by atoms with Gasteiger partial charge in [-0.2, -0.15) is 0 Å². The van der Waals surface area contributed by atoms with Crippen LogP contribution in [0.5, 0.6) is 0 Å². The number of aliphatic hydroxyl groups is 1. The minimum atomic E-state index is -0.951. The van der Waals surface area contributed by atoms with Gasteiger partial charge in [0.2, 0.25) is 0 Å². The Morgan fingerprint density at radius 1 is 1.08 bits per heavy atom. The number of aromatic nitrogens is 2. The number of aliphatic hydroxyl groups excluding tert-OH is 1. The number of carboxylic acid groups (broad SMARTS) is 1. The topological polar surface area (TPSA) is 75.3 Å². The van der Waals surface area contributed by atoms with Crippen molar-refractivity contribution in [2.45, 2.75) is 25.8 Å². The summed E-state index contributed by atoms with van der Waals surface area (Å²) < 4.78 is 2.08. The van der Waals surface area contributed by atoms with Crippen molar-refractivity contribution < 1.29 is 15.0 Å². The number of hydrogen-bond acceptors (Lipinski definition) is 3. The molecule has 0 amide bonds. The molecule has 1 aromatic heterocycles. The van der Waals surface area contributed by atoms with Gasteiger partial charge in [0, 0.05) is 19.6 Å². The zero-order valence-electron chi connectivity index (χ0n) is 13.4. The van der Waals surface area contributed by atoms with Crippen LogP contribution >= 0.6 is 0 Å². The van der Waals surface area contributed by atoms with E-state index in [1.54, 1.807) is 18.2 Å². The van der Waals surface area contributed by atoms with Gasteiger partial charge < -0.3 is 14.8 Å². The summed E-state index contributed by atoms with van der Waals surface area (Å²) in [7, 11) is 0. The van der Waals surface area contributed by atoms with E-state index in [-0.39, 0.29) is 12.2 Å². The van der Waals surface area contributed by atoms with Crippen LogP contribution in [0.1, 0.15) is 28.2 Å². The van der Waals surface area contributed by atoms with Crippen molar-refractivity contribution in [3.05, 3.63) is 65.5 Å². The molecule has 0 aliphatic rings. The van der Waals surface area contributed by atoms with Crippen LogP contribution in [0.25, 0.3) is 11.0 Å². The van der Waals surface area contributed by atoms with Crippen LogP contribution in [0.3, 0.4) is 0 Å². The van der Waals surface area contributed by atoms with E-state index in [1.807, 2.05) is 18.2 Å². The first-order chi connectivity index (χ1) is 11.7. The fourth-order valence-electron chi connectivity index (χ4n) is 2.88. The lowest BCUT2D eigenvalue weighted by molar-refractivity contribution is 0.0697. The molecule has 0 unspecified atom stereocenters. The first-order valence-electron chi connectivity index (χ1n) is 8.06. The van der Waals surface area contributed by atoms with Crippen LogP contribution in [0.4, 0.5) is 0 Å². The summed E-state index contributed by atoms with van der Waals surface area (Å²) in [5.74, 6) is -0.0301. The molecule has 2 N–H and O–H groups in total. The quantitative estimate of drug-likeness (QED) is 0.701. The van der Waals surface area contributed by atoms with Gasteiger partial charge in [-0.1, -0.05) is 30.3 Å². The second-order valence-corrected chi connectivity index (χ2v) is 5.75. The molecule has 3 rings (SSSR count). The second-order valence-electron chi connectivity index (χ2n) is 5.75. The van der Waals surface area contributed by atoms with E-state index in [0.29, 0.717) is 18.5 Å². The van der Waals surface area contributed by atoms with Gasteiger partial charge in [-0.15, -0.1) is 0 Å². The van der Waals surface area contributed by atoms with E-state index in [2.05, 4.69) is 21.7 Å². The number of rotatable bonds is 7. The normalized spacial score (nSPS) is 11.0. The fourth-order valence-corrected chi connectivity index (χ4v) is 2.88. The average molecular weight is 324 g/mol. The van der Waals surface area contributed by atoms with E-state index >= 15 is 0 Å². The van der Waals surface area contributed by atoms with Gasteiger partial charge in [-0.25, -0.2) is 9.78 Å². The number of aryl methyl sites for hydroxylation is 3. The monoisotopic (exact) mass is 324 g/mol. The highest BCUT2D eigenvalue weighted by atomic mass is 16.4. The molecule has 0 bridgehead atoms. The van der Waals surface area contributed by atoms with Gasteiger partial charge in [0.1, 0.15) is 5.82 Å². The molecule has 0 spiro atoms. The van der Waals surface area contributed by atoms with Crippen LogP contribution in [-0.4, -0.2) is 32.3 Å². The Bertz CT molecular complexity index is 840. The maximum Gasteiger partial charge on any atom is 0.335 e. The third-order valence-electron chi connectivity index (χ3n) is 4.09. The predicted octanol–water partition coefficient (Wildman–Crippen LogP) is 2.90. The number of aromatic carboxylic acids is 1. The van der Waals surface area contributed by atoms with Crippen LogP contribution in [0.2, 0.25) is 0 Å². The largest absolute Gasteiger partial charge is 0.478 e. The van der Waals surface area contributed by atoms with E-state index in [4.69, 9.17) is 10.2 Å². The summed E-state index contributed by atoms with van der Waals surface area (Å²) in [6.45, 7) is 0.786. The maximum absolute atomic E-state index is 11.2. The number of nitrogens with zero attached hydrogens (tertiary/aromatic N) is 2. The number of carboxylic acids is 1. The minimum Gasteiger partial charge on any atom is -0.478 e. The number of fused-ring (bicyclic) bond motifs is 1. The van der Waals surface area contributed by atoms with E-state index < -0.39 is 5.97 Å². The highest BCUT2D eigenvalue weighted by Gasteiger charge is 2.13. The van der Waals surface area contributed by atoms with E-state index in [1.165, 1.54) is 5.56 Å². The Balaban J connectivity index is 1.93. The van der Waals surface area contributed by atoms with Gasteiger partial charge >= 0.3 is 5.97 Å². The summed E-state index contributed by atoms with van der Waals surface area (Å²) in [5, 5.41) is 18.3. The number of hydrogen-bond donors (Lipinski definition) is 2. The van der Waals surface area contributed by atoms with Crippen LogP contribution in [0.15, 0.2) is 48.5 Å². The standard InChI is InChI=1S/C19H20N2O3/c22-12-4-11-21-17-9-8-15(19(23)24)13-16(17)20-18(21)10-7-14-5-2-1-3-6-14/h1-3,5-6,8-9,13,22H,4,7,10-12H2,(H,23,24). The highest BCUT2D eigenvalue weighted by Crippen LogP contribution is 2.20. The molecule has 3 aromatic rings. The molecular weight excluding hydrogens is 304 g/mol. The molecule has 0 saturated heterocycles. The lowest BCUT2D eigenvalue weighted by atomic mass is 10.1. The van der Waals surface area contributed by atoms with Gasteiger partial charge in [0.25, 0.3) is 0 Å². The highest BCUT2D eigenvalue weighted by molar-refractivity contribution is 5.92. The van der Waals surface area contributed by atoms with Gasteiger partial charge in [-0.05, 0) is 36.6 Å². The number of carbonyl (C=O) groups is 1. The number of imidazole rings is 1.